The van der Waals surface area contributed by atoms with Gasteiger partial charge in [0.2, 0.25) is 0 Å². The molecule has 1 fully saturated rings. The fourth-order valence-electron chi connectivity index (χ4n) is 2.57. The first-order valence-electron chi connectivity index (χ1n) is 8.89. The molecule has 0 amide bonds. The summed E-state index contributed by atoms with van der Waals surface area (Å²) >= 11 is 0. The second-order valence-corrected chi connectivity index (χ2v) is 6.39. The first kappa shape index (κ1) is 18.7. The van der Waals surface area contributed by atoms with Gasteiger partial charge in [0.15, 0.2) is 11.7 Å². The predicted octanol–water partition coefficient (Wildman–Crippen LogP) is 1.58. The van der Waals surface area contributed by atoms with E-state index < -0.39 is 0 Å². The van der Waals surface area contributed by atoms with E-state index >= 15 is 0 Å². The summed E-state index contributed by atoms with van der Waals surface area (Å²) in [6.45, 7) is 10.7. The molecule has 1 aromatic heterocycles. The fraction of sp³-hybridized carbons (Fsp3) is 0.765. The number of rotatable bonds is 8. The normalized spacial score (nSPS) is 16.6. The van der Waals surface area contributed by atoms with Crippen LogP contribution in [0.4, 0.5) is 0 Å². The number of hydrogen-bond donors (Lipinski definition) is 2. The zero-order chi connectivity index (χ0) is 17.2. The summed E-state index contributed by atoms with van der Waals surface area (Å²) in [6, 6.07) is 1.99. The van der Waals surface area contributed by atoms with Crippen LogP contribution in [-0.4, -0.2) is 62.5 Å². The van der Waals surface area contributed by atoms with Gasteiger partial charge in [0.25, 0.3) is 0 Å². The Labute approximate surface area is 144 Å². The molecule has 0 bridgehead atoms. The molecule has 136 valence electrons. The van der Waals surface area contributed by atoms with Crippen LogP contribution in [0.1, 0.15) is 44.1 Å². The van der Waals surface area contributed by atoms with Crippen LogP contribution in [-0.2, 0) is 11.3 Å². The van der Waals surface area contributed by atoms with Gasteiger partial charge in [-0.25, -0.2) is 0 Å². The molecule has 0 saturated carbocycles. The molecule has 1 aliphatic rings. The lowest BCUT2D eigenvalue weighted by Crippen LogP contribution is -2.38. The van der Waals surface area contributed by atoms with Gasteiger partial charge in [-0.1, -0.05) is 19.0 Å². The minimum absolute atomic E-state index is 0.381. The zero-order valence-electron chi connectivity index (χ0n) is 15.2. The monoisotopic (exact) mass is 337 g/mol. The van der Waals surface area contributed by atoms with Crippen molar-refractivity contribution in [3.05, 3.63) is 17.5 Å². The number of ether oxygens (including phenoxy) is 1. The largest absolute Gasteiger partial charge is 0.379 e. The molecule has 0 atom stereocenters. The van der Waals surface area contributed by atoms with Crippen molar-refractivity contribution in [1.29, 1.82) is 0 Å². The Morgan fingerprint density at radius 3 is 2.75 bits per heavy atom. The summed E-state index contributed by atoms with van der Waals surface area (Å²) in [4.78, 5) is 6.70. The Bertz CT molecular complexity index is 495. The second-order valence-electron chi connectivity index (χ2n) is 6.39. The lowest BCUT2D eigenvalue weighted by atomic mass is 10.1. The maximum atomic E-state index is 5.36. The summed E-state index contributed by atoms with van der Waals surface area (Å²) in [5.41, 5.74) is 0.984. The van der Waals surface area contributed by atoms with Gasteiger partial charge in [-0.05, 0) is 25.3 Å². The highest BCUT2D eigenvalue weighted by Crippen LogP contribution is 2.13. The number of nitrogens with one attached hydrogen (secondary N) is 2. The lowest BCUT2D eigenvalue weighted by molar-refractivity contribution is 0.0372. The van der Waals surface area contributed by atoms with Gasteiger partial charge >= 0.3 is 0 Å². The van der Waals surface area contributed by atoms with E-state index in [9.17, 15) is 0 Å². The van der Waals surface area contributed by atoms with Gasteiger partial charge in [0.1, 0.15) is 0 Å². The number of aromatic nitrogens is 1. The van der Waals surface area contributed by atoms with Gasteiger partial charge in [0, 0.05) is 32.7 Å². The van der Waals surface area contributed by atoms with Gasteiger partial charge in [-0.2, -0.15) is 0 Å². The molecule has 7 nitrogen and oxygen atoms in total. The molecule has 24 heavy (non-hydrogen) atoms. The minimum atomic E-state index is 0.381. The maximum absolute atomic E-state index is 5.36. The van der Waals surface area contributed by atoms with Gasteiger partial charge in [-0.15, -0.1) is 0 Å². The number of hydrogen-bond acceptors (Lipinski definition) is 5. The van der Waals surface area contributed by atoms with Gasteiger partial charge in [-0.3, -0.25) is 9.89 Å². The Morgan fingerprint density at radius 2 is 2.08 bits per heavy atom. The molecule has 1 aromatic rings. The van der Waals surface area contributed by atoms with E-state index in [4.69, 9.17) is 9.26 Å². The maximum Gasteiger partial charge on any atom is 0.191 e. The summed E-state index contributed by atoms with van der Waals surface area (Å²) < 4.78 is 10.7. The molecule has 1 aliphatic heterocycles. The van der Waals surface area contributed by atoms with E-state index in [2.05, 4.69) is 39.5 Å². The first-order valence-corrected chi connectivity index (χ1v) is 8.89. The Morgan fingerprint density at radius 1 is 1.29 bits per heavy atom. The van der Waals surface area contributed by atoms with Crippen LogP contribution in [0.25, 0.3) is 0 Å². The van der Waals surface area contributed by atoms with Crippen LogP contribution in [0.15, 0.2) is 15.6 Å². The second kappa shape index (κ2) is 10.3. The van der Waals surface area contributed by atoms with Crippen LogP contribution in [0, 0.1) is 0 Å². The number of guanidine groups is 1. The molecule has 2 N–H and O–H groups in total. The lowest BCUT2D eigenvalue weighted by Gasteiger charge is -2.26. The van der Waals surface area contributed by atoms with Crippen molar-refractivity contribution in [2.45, 2.75) is 39.2 Å². The minimum Gasteiger partial charge on any atom is -0.379 e. The molecule has 0 aromatic carbocycles. The van der Waals surface area contributed by atoms with E-state index in [0.717, 1.165) is 63.2 Å². The average Bonchev–Trinajstić information content (AvgIpc) is 3.07. The average molecular weight is 337 g/mol. The van der Waals surface area contributed by atoms with E-state index in [1.54, 1.807) is 7.05 Å². The summed E-state index contributed by atoms with van der Waals surface area (Å²) in [6.07, 6.45) is 2.31. The molecule has 0 radical (unpaired) electrons. The third-order valence-electron chi connectivity index (χ3n) is 4.12. The number of unbranched alkanes of at least 4 members (excludes halogenated alkanes) is 1. The van der Waals surface area contributed by atoms with Crippen LogP contribution in [0.3, 0.4) is 0 Å². The van der Waals surface area contributed by atoms with Crippen molar-refractivity contribution in [2.24, 2.45) is 4.99 Å². The predicted molar refractivity (Wildman–Crippen MR) is 95.3 cm³/mol. The van der Waals surface area contributed by atoms with E-state index in [-0.39, 0.29) is 0 Å². The molecular formula is C17H31N5O2. The van der Waals surface area contributed by atoms with Crippen LogP contribution < -0.4 is 10.6 Å². The van der Waals surface area contributed by atoms with Crippen LogP contribution in [0.5, 0.6) is 0 Å². The van der Waals surface area contributed by atoms with E-state index in [0.29, 0.717) is 12.5 Å². The molecule has 0 unspecified atom stereocenters. The van der Waals surface area contributed by atoms with Gasteiger partial charge < -0.3 is 19.9 Å². The summed E-state index contributed by atoms with van der Waals surface area (Å²) in [7, 11) is 1.78. The van der Waals surface area contributed by atoms with E-state index in [1.165, 1.54) is 6.42 Å². The molecule has 1 saturated heterocycles. The highest BCUT2D eigenvalue weighted by atomic mass is 16.5. The Balaban J connectivity index is 1.58. The van der Waals surface area contributed by atoms with Crippen molar-refractivity contribution in [1.82, 2.24) is 20.7 Å². The van der Waals surface area contributed by atoms with Gasteiger partial charge in [0.05, 0.1) is 25.5 Å². The topological polar surface area (TPSA) is 74.9 Å². The van der Waals surface area contributed by atoms with Crippen LogP contribution >= 0.6 is 0 Å². The van der Waals surface area contributed by atoms with Crippen LogP contribution in [0.2, 0.25) is 0 Å². The van der Waals surface area contributed by atoms with E-state index in [1.807, 2.05) is 6.07 Å². The molecule has 0 aliphatic carbocycles. The quantitative estimate of drug-likeness (QED) is 0.426. The Hall–Kier alpha value is -1.60. The van der Waals surface area contributed by atoms with Crippen molar-refractivity contribution in [2.75, 3.05) is 46.4 Å². The standard InChI is InChI=1S/C17H31N5O2/c1-14(2)16-12-15(24-21-16)13-20-17(18-3)19-6-4-5-7-22-8-10-23-11-9-22/h12,14H,4-11,13H2,1-3H3,(H2,18,19,20). The van der Waals surface area contributed by atoms with Crippen molar-refractivity contribution >= 4 is 5.96 Å². The molecule has 2 rings (SSSR count). The Kier molecular flexibility index (Phi) is 8.04. The number of nitrogens with zero attached hydrogens (tertiary/aromatic N) is 3. The number of morpholine rings is 1. The summed E-state index contributed by atoms with van der Waals surface area (Å²) in [5, 5.41) is 10.7. The SMILES string of the molecule is CN=C(NCCCCN1CCOCC1)NCc1cc(C(C)C)no1. The highest BCUT2D eigenvalue weighted by molar-refractivity contribution is 5.79. The molecule has 0 spiro atoms. The van der Waals surface area contributed by atoms with Crippen molar-refractivity contribution in [3.8, 4) is 0 Å². The van der Waals surface area contributed by atoms with Crippen molar-refractivity contribution in [3.63, 3.8) is 0 Å². The molecule has 7 heteroatoms. The molecule has 2 heterocycles. The number of aliphatic imine (C=N–C) groups is 1. The third-order valence-corrected chi connectivity index (χ3v) is 4.12. The zero-order valence-corrected chi connectivity index (χ0v) is 15.2. The van der Waals surface area contributed by atoms with Crippen molar-refractivity contribution < 1.29 is 9.26 Å². The smallest absolute Gasteiger partial charge is 0.191 e. The first-order chi connectivity index (χ1) is 11.7. The highest BCUT2D eigenvalue weighted by Gasteiger charge is 2.10. The fourth-order valence-corrected chi connectivity index (χ4v) is 2.57. The third kappa shape index (κ3) is 6.49. The summed E-state index contributed by atoms with van der Waals surface area (Å²) in [5.74, 6) is 2.00. The molecular weight excluding hydrogens is 306 g/mol.